The predicted molar refractivity (Wildman–Crippen MR) is 58.9 cm³/mol. The lowest BCUT2D eigenvalue weighted by molar-refractivity contribution is 0.331. The number of hydrogen-bond acceptors (Lipinski definition) is 2. The molecule has 2 nitrogen and oxygen atoms in total. The van der Waals surface area contributed by atoms with Crippen molar-refractivity contribution in [2.24, 2.45) is 5.92 Å². The first-order chi connectivity index (χ1) is 6.86. The molecule has 0 amide bonds. The summed E-state index contributed by atoms with van der Waals surface area (Å²) in [7, 11) is 0. The van der Waals surface area contributed by atoms with Crippen LogP contribution in [0.1, 0.15) is 51.9 Å². The van der Waals surface area contributed by atoms with Gasteiger partial charge in [-0.25, -0.2) is 0 Å². The number of nitrogens with zero attached hydrogens (tertiary/aromatic N) is 1. The van der Waals surface area contributed by atoms with Crippen molar-refractivity contribution in [3.63, 3.8) is 0 Å². The van der Waals surface area contributed by atoms with Crippen LogP contribution in [0, 0.1) is 17.2 Å². The second kappa shape index (κ2) is 6.84. The molecule has 0 spiro atoms. The van der Waals surface area contributed by atoms with Gasteiger partial charge < -0.3 is 5.32 Å². The molecule has 0 saturated heterocycles. The van der Waals surface area contributed by atoms with Crippen LogP contribution in [-0.4, -0.2) is 12.6 Å². The summed E-state index contributed by atoms with van der Waals surface area (Å²) in [6, 6.07) is 3.06. The molecule has 0 aliphatic heterocycles. The molecule has 1 aliphatic rings. The summed E-state index contributed by atoms with van der Waals surface area (Å²) < 4.78 is 0. The van der Waals surface area contributed by atoms with Gasteiger partial charge in [0.2, 0.25) is 0 Å². The van der Waals surface area contributed by atoms with Crippen LogP contribution in [0.2, 0.25) is 0 Å². The van der Waals surface area contributed by atoms with Gasteiger partial charge in [0.1, 0.15) is 0 Å². The largest absolute Gasteiger partial charge is 0.314 e. The molecule has 0 aromatic carbocycles. The molecule has 0 aromatic rings. The molecular formula is C12H22N2. The zero-order valence-corrected chi connectivity index (χ0v) is 9.26. The predicted octanol–water partition coefficient (Wildman–Crippen LogP) is 2.85. The normalized spacial score (nSPS) is 27.1. The van der Waals surface area contributed by atoms with Gasteiger partial charge in [0.15, 0.2) is 0 Å². The van der Waals surface area contributed by atoms with Crippen LogP contribution in [-0.2, 0) is 0 Å². The van der Waals surface area contributed by atoms with Gasteiger partial charge in [0, 0.05) is 12.0 Å². The monoisotopic (exact) mass is 194 g/mol. The number of unbranched alkanes of at least 4 members (excludes halogenated alkanes) is 2. The fraction of sp³-hybridized carbons (Fsp3) is 0.917. The first-order valence-corrected chi connectivity index (χ1v) is 5.99. The molecule has 0 radical (unpaired) electrons. The summed E-state index contributed by atoms with van der Waals surface area (Å²) in [5.74, 6) is 0.337. The molecule has 0 atom stereocenters. The number of rotatable bonds is 5. The van der Waals surface area contributed by atoms with Gasteiger partial charge in [-0.2, -0.15) is 5.26 Å². The molecule has 80 valence electrons. The lowest BCUT2D eigenvalue weighted by Gasteiger charge is -2.25. The Hall–Kier alpha value is -0.550. The van der Waals surface area contributed by atoms with Gasteiger partial charge in [-0.15, -0.1) is 0 Å². The average Bonchev–Trinajstić information content (AvgIpc) is 2.25. The van der Waals surface area contributed by atoms with Crippen molar-refractivity contribution in [2.75, 3.05) is 6.54 Å². The van der Waals surface area contributed by atoms with E-state index in [1.165, 1.54) is 32.1 Å². The van der Waals surface area contributed by atoms with Crippen molar-refractivity contribution in [3.05, 3.63) is 0 Å². The fourth-order valence-corrected chi connectivity index (χ4v) is 2.11. The summed E-state index contributed by atoms with van der Waals surface area (Å²) in [5, 5.41) is 12.3. The molecule has 1 rings (SSSR count). The smallest absolute Gasteiger partial charge is 0.0655 e. The maximum Gasteiger partial charge on any atom is 0.0655 e. The molecule has 1 saturated carbocycles. The van der Waals surface area contributed by atoms with Crippen molar-refractivity contribution >= 4 is 0 Å². The van der Waals surface area contributed by atoms with Crippen molar-refractivity contribution in [1.82, 2.24) is 5.32 Å². The average molecular weight is 194 g/mol. The van der Waals surface area contributed by atoms with Gasteiger partial charge in [-0.3, -0.25) is 0 Å². The molecule has 1 aliphatic carbocycles. The molecule has 0 unspecified atom stereocenters. The number of nitrogens with one attached hydrogen (secondary N) is 1. The maximum absolute atomic E-state index is 8.75. The molecule has 0 bridgehead atoms. The van der Waals surface area contributed by atoms with Crippen LogP contribution in [0.3, 0.4) is 0 Å². The van der Waals surface area contributed by atoms with Crippen molar-refractivity contribution in [3.8, 4) is 6.07 Å². The van der Waals surface area contributed by atoms with Gasteiger partial charge in [0.25, 0.3) is 0 Å². The summed E-state index contributed by atoms with van der Waals surface area (Å²) in [5.41, 5.74) is 0. The molecule has 14 heavy (non-hydrogen) atoms. The lowest BCUT2D eigenvalue weighted by Crippen LogP contribution is -2.33. The van der Waals surface area contributed by atoms with Crippen LogP contribution in [0.15, 0.2) is 0 Å². The topological polar surface area (TPSA) is 35.8 Å². The summed E-state index contributed by atoms with van der Waals surface area (Å²) in [6.07, 6.45) is 8.52. The minimum Gasteiger partial charge on any atom is -0.314 e. The Balaban J connectivity index is 2.02. The zero-order chi connectivity index (χ0) is 10.2. The Kier molecular flexibility index (Phi) is 5.63. The van der Waals surface area contributed by atoms with Gasteiger partial charge >= 0.3 is 0 Å². The molecule has 0 aromatic heterocycles. The van der Waals surface area contributed by atoms with Crippen LogP contribution in [0.5, 0.6) is 0 Å². The molecule has 0 heterocycles. The third-order valence-electron chi connectivity index (χ3n) is 3.12. The maximum atomic E-state index is 8.75. The van der Waals surface area contributed by atoms with Crippen molar-refractivity contribution in [1.29, 1.82) is 5.26 Å². The highest BCUT2D eigenvalue weighted by Crippen LogP contribution is 2.23. The van der Waals surface area contributed by atoms with E-state index in [1.807, 2.05) is 0 Å². The summed E-state index contributed by atoms with van der Waals surface area (Å²) in [4.78, 5) is 0. The quantitative estimate of drug-likeness (QED) is 0.683. The van der Waals surface area contributed by atoms with E-state index in [4.69, 9.17) is 5.26 Å². The standard InChI is InChI=1S/C12H22N2/c1-2-3-4-9-14-12-7-5-11(10-13)6-8-12/h11-12,14H,2-9H2,1H3. The van der Waals surface area contributed by atoms with E-state index < -0.39 is 0 Å². The molecule has 2 heteroatoms. The van der Waals surface area contributed by atoms with Crippen LogP contribution < -0.4 is 5.32 Å². The van der Waals surface area contributed by atoms with Crippen LogP contribution in [0.4, 0.5) is 0 Å². The van der Waals surface area contributed by atoms with Gasteiger partial charge in [0.05, 0.1) is 6.07 Å². The van der Waals surface area contributed by atoms with Gasteiger partial charge in [-0.1, -0.05) is 19.8 Å². The second-order valence-corrected chi connectivity index (χ2v) is 4.34. The zero-order valence-electron chi connectivity index (χ0n) is 9.26. The van der Waals surface area contributed by atoms with Crippen molar-refractivity contribution in [2.45, 2.75) is 57.9 Å². The van der Waals surface area contributed by atoms with E-state index >= 15 is 0 Å². The Bertz CT molecular complexity index is 175. The number of hydrogen-bond donors (Lipinski definition) is 1. The van der Waals surface area contributed by atoms with E-state index in [9.17, 15) is 0 Å². The van der Waals surface area contributed by atoms with Crippen LogP contribution >= 0.6 is 0 Å². The number of nitriles is 1. The second-order valence-electron chi connectivity index (χ2n) is 4.34. The highest BCUT2D eigenvalue weighted by atomic mass is 14.9. The van der Waals surface area contributed by atoms with E-state index in [-0.39, 0.29) is 0 Å². The summed E-state index contributed by atoms with van der Waals surface area (Å²) >= 11 is 0. The van der Waals surface area contributed by atoms with E-state index in [1.54, 1.807) is 0 Å². The Morgan fingerprint density at radius 3 is 2.50 bits per heavy atom. The van der Waals surface area contributed by atoms with Crippen LogP contribution in [0.25, 0.3) is 0 Å². The van der Waals surface area contributed by atoms with Gasteiger partial charge in [-0.05, 0) is 38.6 Å². The van der Waals surface area contributed by atoms with E-state index in [2.05, 4.69) is 18.3 Å². The third kappa shape index (κ3) is 4.11. The summed E-state index contributed by atoms with van der Waals surface area (Å²) in [6.45, 7) is 3.40. The van der Waals surface area contributed by atoms with Crippen molar-refractivity contribution < 1.29 is 0 Å². The Morgan fingerprint density at radius 1 is 1.21 bits per heavy atom. The molecule has 1 fully saturated rings. The SMILES string of the molecule is CCCCCNC1CCC(C#N)CC1. The van der Waals surface area contributed by atoms with E-state index in [0.29, 0.717) is 12.0 Å². The first kappa shape index (κ1) is 11.5. The fourth-order valence-electron chi connectivity index (χ4n) is 2.11. The lowest BCUT2D eigenvalue weighted by atomic mass is 9.87. The molecule has 1 N–H and O–H groups in total. The molecular weight excluding hydrogens is 172 g/mol. The Morgan fingerprint density at radius 2 is 1.93 bits per heavy atom. The highest BCUT2D eigenvalue weighted by Gasteiger charge is 2.19. The first-order valence-electron chi connectivity index (χ1n) is 5.99. The van der Waals surface area contributed by atoms with E-state index in [0.717, 1.165) is 19.4 Å². The Labute approximate surface area is 87.7 Å². The minimum atomic E-state index is 0.337. The highest BCUT2D eigenvalue weighted by molar-refractivity contribution is 4.88. The third-order valence-corrected chi connectivity index (χ3v) is 3.12. The minimum absolute atomic E-state index is 0.337.